The number of rotatable bonds is 6. The van der Waals surface area contributed by atoms with Gasteiger partial charge in [0, 0.05) is 47.6 Å². The molecule has 0 saturated carbocycles. The number of thiophene rings is 1. The second-order valence-corrected chi connectivity index (χ2v) is 19.8. The summed E-state index contributed by atoms with van der Waals surface area (Å²) < 4.78 is 9.41. The maximum atomic E-state index is 6.83. The Morgan fingerprint density at radius 1 is 0.282 bits per heavy atom. The van der Waals surface area contributed by atoms with Crippen LogP contribution in [0.1, 0.15) is 0 Å². The fraction of sp³-hybridized carbons (Fsp3) is 0. The van der Waals surface area contributed by atoms with E-state index in [9.17, 15) is 0 Å². The summed E-state index contributed by atoms with van der Waals surface area (Å²) in [4.78, 5) is 2.49. The van der Waals surface area contributed by atoms with Gasteiger partial charge in [-0.05, 0) is 143 Å². The predicted octanol–water partition coefficient (Wildman–Crippen LogP) is 20.2. The molecule has 13 aromatic carbocycles. The van der Waals surface area contributed by atoms with Crippen molar-refractivity contribution >= 4 is 124 Å². The van der Waals surface area contributed by atoms with Gasteiger partial charge in [-0.3, -0.25) is 0 Å². The molecule has 15 rings (SSSR count). The van der Waals surface area contributed by atoms with Crippen LogP contribution in [0.25, 0.3) is 129 Å². The number of benzene rings is 13. The van der Waals surface area contributed by atoms with Crippen molar-refractivity contribution in [1.29, 1.82) is 0 Å². The lowest BCUT2D eigenvalue weighted by Crippen LogP contribution is -2.12. The maximum absolute atomic E-state index is 6.83. The number of anilines is 3. The summed E-state index contributed by atoms with van der Waals surface area (Å²) in [5.74, 6) is 0. The Labute approximate surface area is 413 Å². The summed E-state index contributed by atoms with van der Waals surface area (Å²) in [7, 11) is 0. The minimum absolute atomic E-state index is 0.857. The third-order valence-electron chi connectivity index (χ3n) is 14.8. The van der Waals surface area contributed by atoms with Crippen molar-refractivity contribution in [2.24, 2.45) is 0 Å². The summed E-state index contributed by atoms with van der Waals surface area (Å²) in [5, 5.41) is 17.1. The molecule has 0 unspecified atom stereocenters. The predicted molar refractivity (Wildman–Crippen MR) is 305 cm³/mol. The molecule has 0 aliphatic rings. The molecule has 2 aromatic heterocycles. The number of fused-ring (bicyclic) bond motifs is 13. The highest BCUT2D eigenvalue weighted by Gasteiger charge is 2.24. The molecule has 0 radical (unpaired) electrons. The maximum Gasteiger partial charge on any atom is 0.136 e. The number of nitrogens with zero attached hydrogens (tertiary/aromatic N) is 1. The Kier molecular flexibility index (Phi) is 8.86. The zero-order chi connectivity index (χ0) is 46.6. The summed E-state index contributed by atoms with van der Waals surface area (Å²) in [6, 6.07) is 91.4. The fourth-order valence-electron chi connectivity index (χ4n) is 11.6. The lowest BCUT2D eigenvalue weighted by Gasteiger charge is -2.30. The average Bonchev–Trinajstić information content (AvgIpc) is 4.01. The van der Waals surface area contributed by atoms with E-state index in [1.54, 1.807) is 0 Å². The van der Waals surface area contributed by atoms with Crippen LogP contribution in [0.2, 0.25) is 0 Å². The van der Waals surface area contributed by atoms with E-state index < -0.39 is 0 Å². The van der Waals surface area contributed by atoms with E-state index in [0.717, 1.165) is 61.1 Å². The van der Waals surface area contributed by atoms with Crippen molar-refractivity contribution in [3.05, 3.63) is 249 Å². The molecule has 0 atom stereocenters. The van der Waals surface area contributed by atoms with Crippen molar-refractivity contribution < 1.29 is 4.42 Å². The van der Waals surface area contributed by atoms with Gasteiger partial charge >= 0.3 is 0 Å². The minimum Gasteiger partial charge on any atom is -0.456 e. The van der Waals surface area contributed by atoms with E-state index in [-0.39, 0.29) is 0 Å². The molecule has 2 heterocycles. The van der Waals surface area contributed by atoms with Gasteiger partial charge in [0.2, 0.25) is 0 Å². The molecule has 71 heavy (non-hydrogen) atoms. The highest BCUT2D eigenvalue weighted by molar-refractivity contribution is 7.26. The Morgan fingerprint density at radius 3 is 1.77 bits per heavy atom. The number of furan rings is 1. The van der Waals surface area contributed by atoms with Gasteiger partial charge in [-0.15, -0.1) is 11.3 Å². The van der Waals surface area contributed by atoms with Crippen molar-refractivity contribution in [1.82, 2.24) is 0 Å². The first-order valence-corrected chi connectivity index (χ1v) is 25.1. The lowest BCUT2D eigenvalue weighted by atomic mass is 9.92. The second kappa shape index (κ2) is 15.8. The van der Waals surface area contributed by atoms with Gasteiger partial charge in [0.25, 0.3) is 0 Å². The molecule has 0 aliphatic carbocycles. The van der Waals surface area contributed by atoms with Gasteiger partial charge in [0.05, 0.1) is 11.4 Å². The molecule has 0 N–H and O–H groups in total. The molecule has 0 saturated heterocycles. The molecule has 0 bridgehead atoms. The fourth-order valence-corrected chi connectivity index (χ4v) is 12.7. The lowest BCUT2D eigenvalue weighted by molar-refractivity contribution is 0.669. The Morgan fingerprint density at radius 2 is 0.930 bits per heavy atom. The van der Waals surface area contributed by atoms with Crippen LogP contribution >= 0.6 is 11.3 Å². The smallest absolute Gasteiger partial charge is 0.136 e. The van der Waals surface area contributed by atoms with E-state index in [0.29, 0.717) is 0 Å². The summed E-state index contributed by atoms with van der Waals surface area (Å²) in [5.41, 5.74) is 12.1. The largest absolute Gasteiger partial charge is 0.456 e. The Hall–Kier alpha value is -9.02. The molecule has 0 aliphatic heterocycles. The average molecular weight is 920 g/mol. The molecule has 3 heteroatoms. The monoisotopic (exact) mass is 919 g/mol. The Bertz CT molecular complexity index is 4660. The van der Waals surface area contributed by atoms with Gasteiger partial charge in [0.15, 0.2) is 0 Å². The van der Waals surface area contributed by atoms with Crippen LogP contribution in [0.15, 0.2) is 253 Å². The van der Waals surface area contributed by atoms with E-state index in [1.165, 1.54) is 85.3 Å². The van der Waals surface area contributed by atoms with Crippen LogP contribution in [0.4, 0.5) is 17.1 Å². The highest BCUT2D eigenvalue weighted by atomic mass is 32.1. The standard InChI is InChI=1S/C68H41NOS/c1-2-16-42(17-3-1)58-37-43-18-4-5-19-44(43)39-62(58)69(61-29-14-21-45-36-47(32-34-50(45)61)57-38-46-20-6-7-22-49(46)51-23-8-9-24-52(51)57)48-33-35-63-60(40-48)67-55(28-15-30-64(67)70-63)59-41-66-68(54-26-11-10-25-53(54)59)56-27-12-13-31-65(56)71-66/h1-41H. The third kappa shape index (κ3) is 6.27. The van der Waals surface area contributed by atoms with Crippen LogP contribution in [-0.2, 0) is 0 Å². The first-order chi connectivity index (χ1) is 35.2. The highest BCUT2D eigenvalue weighted by Crippen LogP contribution is 2.50. The third-order valence-corrected chi connectivity index (χ3v) is 15.9. The van der Waals surface area contributed by atoms with Gasteiger partial charge < -0.3 is 9.32 Å². The summed E-state index contributed by atoms with van der Waals surface area (Å²) >= 11 is 1.87. The van der Waals surface area contributed by atoms with Crippen molar-refractivity contribution in [2.45, 2.75) is 0 Å². The van der Waals surface area contributed by atoms with Gasteiger partial charge in [0.1, 0.15) is 11.2 Å². The van der Waals surface area contributed by atoms with Crippen LogP contribution in [-0.4, -0.2) is 0 Å². The molecule has 330 valence electrons. The quantitative estimate of drug-likeness (QED) is 0.155. The number of hydrogen-bond acceptors (Lipinski definition) is 3. The van der Waals surface area contributed by atoms with Crippen molar-refractivity contribution in [2.75, 3.05) is 4.90 Å². The van der Waals surface area contributed by atoms with Gasteiger partial charge in [-0.2, -0.15) is 0 Å². The van der Waals surface area contributed by atoms with E-state index >= 15 is 0 Å². The topological polar surface area (TPSA) is 16.4 Å². The molecule has 0 spiro atoms. The zero-order valence-corrected chi connectivity index (χ0v) is 39.3. The van der Waals surface area contributed by atoms with Crippen LogP contribution < -0.4 is 4.90 Å². The van der Waals surface area contributed by atoms with Gasteiger partial charge in [-0.25, -0.2) is 0 Å². The summed E-state index contributed by atoms with van der Waals surface area (Å²) in [6.07, 6.45) is 0. The van der Waals surface area contributed by atoms with Gasteiger partial charge in [-0.1, -0.05) is 182 Å². The van der Waals surface area contributed by atoms with E-state index in [4.69, 9.17) is 4.42 Å². The first-order valence-electron chi connectivity index (χ1n) is 24.3. The molecular weight excluding hydrogens is 879 g/mol. The minimum atomic E-state index is 0.857. The molecular formula is C68H41NOS. The molecule has 0 fully saturated rings. The molecule has 2 nitrogen and oxygen atoms in total. The second-order valence-electron chi connectivity index (χ2n) is 18.7. The van der Waals surface area contributed by atoms with Crippen LogP contribution in [0.3, 0.4) is 0 Å². The van der Waals surface area contributed by atoms with Crippen molar-refractivity contribution in [3.63, 3.8) is 0 Å². The SMILES string of the molecule is c1ccc(-c2cc3ccccc3cc2N(c2ccc3oc4cccc(-c5cc6sc7ccccc7c6c6ccccc56)c4c3c2)c2cccc3cc(-c4cc5ccccc5c5ccccc45)ccc23)cc1. The van der Waals surface area contributed by atoms with E-state index in [2.05, 4.69) is 254 Å². The molecule has 15 aromatic rings. The molecule has 0 amide bonds. The van der Waals surface area contributed by atoms with Crippen LogP contribution in [0, 0.1) is 0 Å². The Balaban J connectivity index is 0.987. The van der Waals surface area contributed by atoms with E-state index in [1.807, 2.05) is 11.3 Å². The van der Waals surface area contributed by atoms with Crippen molar-refractivity contribution in [3.8, 4) is 33.4 Å². The number of hydrogen-bond donors (Lipinski definition) is 0. The zero-order valence-electron chi connectivity index (χ0n) is 38.4. The first kappa shape index (κ1) is 39.9. The summed E-state index contributed by atoms with van der Waals surface area (Å²) in [6.45, 7) is 0. The normalized spacial score (nSPS) is 11.9. The van der Waals surface area contributed by atoms with Crippen LogP contribution in [0.5, 0.6) is 0 Å².